The van der Waals surface area contributed by atoms with Crippen LogP contribution in [-0.2, 0) is 4.79 Å². The third-order valence-electron chi connectivity index (χ3n) is 1.30. The molecule has 1 aromatic carbocycles. The number of carbonyl (C=O) groups excluding carboxylic acids is 1. The Morgan fingerprint density at radius 2 is 1.85 bits per heavy atom. The van der Waals surface area contributed by atoms with E-state index in [1.54, 1.807) is 0 Å². The Kier molecular flexibility index (Phi) is 2.70. The highest BCUT2D eigenvalue weighted by Crippen LogP contribution is 2.13. The first-order valence-corrected chi connectivity index (χ1v) is 3.25. The van der Waals surface area contributed by atoms with Crippen LogP contribution in [0.1, 0.15) is 5.56 Å². The van der Waals surface area contributed by atoms with Gasteiger partial charge in [0.05, 0.1) is 5.56 Å². The first-order chi connectivity index (χ1) is 6.16. The van der Waals surface area contributed by atoms with E-state index in [0.717, 1.165) is 12.1 Å². The van der Waals surface area contributed by atoms with E-state index in [1.807, 2.05) is 11.8 Å². The Bertz CT molecular complexity index is 401. The van der Waals surface area contributed by atoms with Crippen molar-refractivity contribution in [1.82, 2.24) is 0 Å². The number of hydrogen-bond acceptors (Lipinski definition) is 1. The van der Waals surface area contributed by atoms with Gasteiger partial charge >= 0.3 is 0 Å². The lowest BCUT2D eigenvalue weighted by molar-refractivity contribution is -0.103. The topological polar surface area (TPSA) is 17.1 Å². The van der Waals surface area contributed by atoms with E-state index in [2.05, 4.69) is 0 Å². The minimum absolute atomic E-state index is 0.237. The normalized spacial score (nSPS) is 8.85. The third kappa shape index (κ3) is 1.88. The minimum atomic E-state index is -1.59. The van der Waals surface area contributed by atoms with Gasteiger partial charge in [-0.15, -0.1) is 0 Å². The molecule has 0 saturated carbocycles. The van der Waals surface area contributed by atoms with Gasteiger partial charge in [-0.25, -0.2) is 13.2 Å². The second-order valence-electron chi connectivity index (χ2n) is 2.11. The summed E-state index contributed by atoms with van der Waals surface area (Å²) < 4.78 is 37.6. The SMILES string of the molecule is O=CC#Cc1ccc(F)c(F)c1F. The predicted octanol–water partition coefficient (Wildman–Crippen LogP) is 1.65. The molecule has 0 spiro atoms. The zero-order valence-corrected chi connectivity index (χ0v) is 6.27. The summed E-state index contributed by atoms with van der Waals surface area (Å²) in [6.07, 6.45) is 0.237. The number of halogens is 3. The van der Waals surface area contributed by atoms with E-state index < -0.39 is 17.5 Å². The number of benzene rings is 1. The van der Waals surface area contributed by atoms with E-state index in [1.165, 1.54) is 0 Å². The molecule has 0 fully saturated rings. The van der Waals surface area contributed by atoms with Crippen LogP contribution in [0, 0.1) is 29.3 Å². The van der Waals surface area contributed by atoms with Gasteiger partial charge in [-0.05, 0) is 18.1 Å². The monoisotopic (exact) mass is 184 g/mol. The van der Waals surface area contributed by atoms with Crippen molar-refractivity contribution in [3.63, 3.8) is 0 Å². The van der Waals surface area contributed by atoms with E-state index in [-0.39, 0.29) is 11.8 Å². The van der Waals surface area contributed by atoms with E-state index in [0.29, 0.717) is 0 Å². The molecule has 0 bridgehead atoms. The van der Waals surface area contributed by atoms with Crippen LogP contribution in [0.5, 0.6) is 0 Å². The van der Waals surface area contributed by atoms with Crippen molar-refractivity contribution in [1.29, 1.82) is 0 Å². The van der Waals surface area contributed by atoms with Crippen molar-refractivity contribution in [3.8, 4) is 11.8 Å². The summed E-state index contributed by atoms with van der Waals surface area (Å²) in [6.45, 7) is 0. The molecule has 4 heteroatoms. The molecule has 0 amide bonds. The summed E-state index contributed by atoms with van der Waals surface area (Å²) in [5.41, 5.74) is -0.342. The number of aldehydes is 1. The average Bonchev–Trinajstić information content (AvgIpc) is 2.13. The molecule has 13 heavy (non-hydrogen) atoms. The molecule has 1 nitrogen and oxygen atoms in total. The highest BCUT2D eigenvalue weighted by Gasteiger charge is 2.11. The van der Waals surface area contributed by atoms with Crippen LogP contribution in [0.4, 0.5) is 13.2 Å². The fraction of sp³-hybridized carbons (Fsp3) is 0. The largest absolute Gasteiger partial charge is 0.289 e. The van der Waals surface area contributed by atoms with Crippen LogP contribution in [0.3, 0.4) is 0 Å². The van der Waals surface area contributed by atoms with Crippen molar-refractivity contribution in [2.75, 3.05) is 0 Å². The summed E-state index contributed by atoms with van der Waals surface area (Å²) in [5.74, 6) is -0.326. The number of rotatable bonds is 0. The van der Waals surface area contributed by atoms with Crippen molar-refractivity contribution >= 4 is 6.29 Å². The molecular formula is C9H3F3O. The van der Waals surface area contributed by atoms with Crippen molar-refractivity contribution < 1.29 is 18.0 Å². The first kappa shape index (κ1) is 9.33. The maximum absolute atomic E-state index is 12.8. The first-order valence-electron chi connectivity index (χ1n) is 3.25. The molecule has 0 aliphatic heterocycles. The smallest absolute Gasteiger partial charge is 0.195 e. The summed E-state index contributed by atoms with van der Waals surface area (Å²) in [5, 5.41) is 0. The maximum Gasteiger partial charge on any atom is 0.195 e. The van der Waals surface area contributed by atoms with Crippen molar-refractivity contribution in [2.24, 2.45) is 0 Å². The van der Waals surface area contributed by atoms with Crippen LogP contribution >= 0.6 is 0 Å². The molecule has 0 aromatic heterocycles. The van der Waals surface area contributed by atoms with Crippen LogP contribution in [0.25, 0.3) is 0 Å². The lowest BCUT2D eigenvalue weighted by Crippen LogP contribution is -1.93. The molecule has 1 rings (SSSR count). The second-order valence-corrected chi connectivity index (χ2v) is 2.11. The molecule has 1 aromatic rings. The third-order valence-corrected chi connectivity index (χ3v) is 1.30. The van der Waals surface area contributed by atoms with Crippen molar-refractivity contribution in [2.45, 2.75) is 0 Å². The van der Waals surface area contributed by atoms with Crippen LogP contribution < -0.4 is 0 Å². The fourth-order valence-corrected chi connectivity index (χ4v) is 0.730. The summed E-state index contributed by atoms with van der Waals surface area (Å²) in [4.78, 5) is 9.78. The van der Waals surface area contributed by atoms with E-state index in [9.17, 15) is 18.0 Å². The fourth-order valence-electron chi connectivity index (χ4n) is 0.730. The van der Waals surface area contributed by atoms with Crippen molar-refractivity contribution in [3.05, 3.63) is 35.1 Å². The van der Waals surface area contributed by atoms with Crippen LogP contribution in [0.15, 0.2) is 12.1 Å². The Hall–Kier alpha value is -1.76. The van der Waals surface area contributed by atoms with Crippen LogP contribution in [-0.4, -0.2) is 6.29 Å². The molecule has 0 radical (unpaired) electrons. The molecule has 0 heterocycles. The quantitative estimate of drug-likeness (QED) is 0.340. The van der Waals surface area contributed by atoms with E-state index in [4.69, 9.17) is 0 Å². The summed E-state index contributed by atoms with van der Waals surface area (Å²) in [7, 11) is 0. The van der Waals surface area contributed by atoms with Crippen LogP contribution in [0.2, 0.25) is 0 Å². The predicted molar refractivity (Wildman–Crippen MR) is 39.3 cm³/mol. The molecule has 0 saturated heterocycles. The molecule has 0 unspecified atom stereocenters. The Labute approximate surface area is 72.2 Å². The lowest BCUT2D eigenvalue weighted by Gasteiger charge is -1.96. The van der Waals surface area contributed by atoms with Gasteiger partial charge in [-0.3, -0.25) is 4.79 Å². The van der Waals surface area contributed by atoms with Gasteiger partial charge in [-0.2, -0.15) is 0 Å². The highest BCUT2D eigenvalue weighted by atomic mass is 19.2. The summed E-state index contributed by atoms with van der Waals surface area (Å²) >= 11 is 0. The van der Waals surface area contributed by atoms with Gasteiger partial charge in [0.15, 0.2) is 23.7 Å². The standard InChI is InChI=1S/C9H3F3O/c10-7-4-3-6(2-1-5-13)8(11)9(7)12/h3-5H. The average molecular weight is 184 g/mol. The van der Waals surface area contributed by atoms with Gasteiger partial charge in [-0.1, -0.05) is 5.92 Å². The Balaban J connectivity index is 3.25. The van der Waals surface area contributed by atoms with E-state index >= 15 is 0 Å². The second kappa shape index (κ2) is 3.76. The van der Waals surface area contributed by atoms with Gasteiger partial charge < -0.3 is 0 Å². The van der Waals surface area contributed by atoms with Gasteiger partial charge in [0.25, 0.3) is 0 Å². The molecule has 0 aliphatic rings. The van der Waals surface area contributed by atoms with Gasteiger partial charge in [0.1, 0.15) is 0 Å². The number of hydrogen-bond donors (Lipinski definition) is 0. The zero-order valence-electron chi connectivity index (χ0n) is 6.27. The molecular weight excluding hydrogens is 181 g/mol. The maximum atomic E-state index is 12.8. The lowest BCUT2D eigenvalue weighted by atomic mass is 10.2. The van der Waals surface area contributed by atoms with Gasteiger partial charge in [0, 0.05) is 0 Å². The molecule has 0 atom stereocenters. The Morgan fingerprint density at radius 3 is 2.46 bits per heavy atom. The van der Waals surface area contributed by atoms with Gasteiger partial charge in [0.2, 0.25) is 0 Å². The minimum Gasteiger partial charge on any atom is -0.289 e. The molecule has 0 N–H and O–H groups in total. The molecule has 66 valence electrons. The molecule has 0 aliphatic carbocycles. The highest BCUT2D eigenvalue weighted by molar-refractivity contribution is 5.73. The summed E-state index contributed by atoms with van der Waals surface area (Å²) in [6, 6.07) is 1.71. The Morgan fingerprint density at radius 1 is 1.15 bits per heavy atom. The zero-order chi connectivity index (χ0) is 9.84. The number of carbonyl (C=O) groups is 1.